The van der Waals surface area contributed by atoms with Gasteiger partial charge in [-0.1, -0.05) is 19.0 Å². The third-order valence-electron chi connectivity index (χ3n) is 2.47. The summed E-state index contributed by atoms with van der Waals surface area (Å²) in [6, 6.07) is 2.40. The molecule has 0 bridgehead atoms. The average Bonchev–Trinajstić information content (AvgIpc) is 2.86. The van der Waals surface area contributed by atoms with Crippen molar-refractivity contribution in [1.82, 2.24) is 20.0 Å². The smallest absolute Gasteiger partial charge is 0.156 e. The maximum Gasteiger partial charge on any atom is 0.156 e. The zero-order valence-electron chi connectivity index (χ0n) is 10.5. The van der Waals surface area contributed by atoms with Gasteiger partial charge in [-0.3, -0.25) is 0 Å². The summed E-state index contributed by atoms with van der Waals surface area (Å²) in [6.45, 7) is 7.59. The van der Waals surface area contributed by atoms with Gasteiger partial charge >= 0.3 is 0 Å². The first-order valence-corrected chi connectivity index (χ1v) is 5.80. The third kappa shape index (κ3) is 3.17. The standard InChI is InChI=1S/C12H18N4O/c1-9(2)14-7-12-13-4-5-16(12)8-11-6-10(3)15-17-11/h4-6,9,14H,7-8H2,1-3H3. The SMILES string of the molecule is Cc1cc(Cn2ccnc2CNC(C)C)on1. The van der Waals surface area contributed by atoms with Crippen LogP contribution in [0, 0.1) is 6.92 Å². The highest BCUT2D eigenvalue weighted by Gasteiger charge is 2.07. The van der Waals surface area contributed by atoms with Crippen molar-refractivity contribution < 1.29 is 4.52 Å². The molecule has 2 rings (SSSR count). The van der Waals surface area contributed by atoms with Gasteiger partial charge in [-0.25, -0.2) is 4.98 Å². The van der Waals surface area contributed by atoms with Crippen LogP contribution >= 0.6 is 0 Å². The van der Waals surface area contributed by atoms with E-state index in [-0.39, 0.29) is 0 Å². The molecule has 0 atom stereocenters. The van der Waals surface area contributed by atoms with Crippen LogP contribution in [0.15, 0.2) is 23.0 Å². The van der Waals surface area contributed by atoms with E-state index >= 15 is 0 Å². The highest BCUT2D eigenvalue weighted by atomic mass is 16.5. The molecule has 0 unspecified atom stereocenters. The van der Waals surface area contributed by atoms with Crippen LogP contribution in [0.25, 0.3) is 0 Å². The zero-order chi connectivity index (χ0) is 12.3. The summed E-state index contributed by atoms with van der Waals surface area (Å²) in [7, 11) is 0. The fraction of sp³-hybridized carbons (Fsp3) is 0.500. The summed E-state index contributed by atoms with van der Waals surface area (Å²) in [6.07, 6.45) is 3.76. The van der Waals surface area contributed by atoms with Crippen LogP contribution in [0.1, 0.15) is 31.1 Å². The third-order valence-corrected chi connectivity index (χ3v) is 2.47. The van der Waals surface area contributed by atoms with Gasteiger partial charge in [-0.2, -0.15) is 0 Å². The van der Waals surface area contributed by atoms with Gasteiger partial charge < -0.3 is 14.4 Å². The molecule has 0 saturated carbocycles. The van der Waals surface area contributed by atoms with Crippen LogP contribution in [-0.2, 0) is 13.1 Å². The molecule has 1 N–H and O–H groups in total. The predicted molar refractivity (Wildman–Crippen MR) is 64.5 cm³/mol. The van der Waals surface area contributed by atoms with Crippen LogP contribution < -0.4 is 5.32 Å². The molecule has 0 aliphatic heterocycles. The first-order chi connectivity index (χ1) is 8.15. The van der Waals surface area contributed by atoms with E-state index in [1.807, 2.05) is 19.2 Å². The lowest BCUT2D eigenvalue weighted by atomic mass is 10.3. The lowest BCUT2D eigenvalue weighted by Gasteiger charge is -2.09. The Morgan fingerprint density at radius 2 is 2.29 bits per heavy atom. The maximum absolute atomic E-state index is 5.20. The Bertz CT molecular complexity index is 472. The summed E-state index contributed by atoms with van der Waals surface area (Å²) in [5, 5.41) is 7.23. The number of hydrogen-bond donors (Lipinski definition) is 1. The minimum atomic E-state index is 0.452. The molecule has 0 saturated heterocycles. The number of aromatic nitrogens is 3. The van der Waals surface area contributed by atoms with Crippen molar-refractivity contribution in [1.29, 1.82) is 0 Å². The first kappa shape index (κ1) is 11.9. The van der Waals surface area contributed by atoms with Crippen LogP contribution in [0.4, 0.5) is 0 Å². The maximum atomic E-state index is 5.20. The number of hydrogen-bond acceptors (Lipinski definition) is 4. The molecule has 0 aliphatic carbocycles. The molecule has 17 heavy (non-hydrogen) atoms. The van der Waals surface area contributed by atoms with Crippen molar-refractivity contribution >= 4 is 0 Å². The quantitative estimate of drug-likeness (QED) is 0.856. The highest BCUT2D eigenvalue weighted by molar-refractivity contribution is 5.05. The lowest BCUT2D eigenvalue weighted by molar-refractivity contribution is 0.370. The van der Waals surface area contributed by atoms with Crippen molar-refractivity contribution in [2.24, 2.45) is 0 Å². The molecule has 2 aromatic heterocycles. The summed E-state index contributed by atoms with van der Waals surface area (Å²) >= 11 is 0. The Morgan fingerprint density at radius 1 is 1.47 bits per heavy atom. The zero-order valence-corrected chi connectivity index (χ0v) is 10.5. The summed E-state index contributed by atoms with van der Waals surface area (Å²) in [5.41, 5.74) is 0.905. The molecule has 5 heteroatoms. The second-order valence-electron chi connectivity index (χ2n) is 4.44. The van der Waals surface area contributed by atoms with Crippen LogP contribution in [0.3, 0.4) is 0 Å². The molecule has 2 heterocycles. The Hall–Kier alpha value is -1.62. The molecule has 0 amide bonds. The largest absolute Gasteiger partial charge is 0.359 e. The fourth-order valence-electron chi connectivity index (χ4n) is 1.61. The van der Waals surface area contributed by atoms with E-state index in [4.69, 9.17) is 4.52 Å². The molecule has 0 radical (unpaired) electrons. The molecule has 92 valence electrons. The monoisotopic (exact) mass is 234 g/mol. The topological polar surface area (TPSA) is 55.9 Å². The second kappa shape index (κ2) is 5.14. The summed E-state index contributed by atoms with van der Waals surface area (Å²) < 4.78 is 7.26. The van der Waals surface area contributed by atoms with Crippen LogP contribution in [0.5, 0.6) is 0 Å². The van der Waals surface area contributed by atoms with Gasteiger partial charge in [0.1, 0.15) is 5.82 Å². The van der Waals surface area contributed by atoms with Gasteiger partial charge in [0.25, 0.3) is 0 Å². The number of nitrogens with zero attached hydrogens (tertiary/aromatic N) is 3. The Morgan fingerprint density at radius 3 is 2.94 bits per heavy atom. The summed E-state index contributed by atoms with van der Waals surface area (Å²) in [5.74, 6) is 1.86. The number of nitrogens with one attached hydrogen (secondary N) is 1. The lowest BCUT2D eigenvalue weighted by Crippen LogP contribution is -2.24. The molecule has 0 fully saturated rings. The van der Waals surface area contributed by atoms with E-state index in [0.29, 0.717) is 12.6 Å². The van der Waals surface area contributed by atoms with Crippen molar-refractivity contribution in [2.45, 2.75) is 39.9 Å². The van der Waals surface area contributed by atoms with E-state index < -0.39 is 0 Å². The van der Waals surface area contributed by atoms with Crippen molar-refractivity contribution in [3.8, 4) is 0 Å². The molecule has 0 aromatic carbocycles. The fourth-order valence-corrected chi connectivity index (χ4v) is 1.61. The normalized spacial score (nSPS) is 11.3. The van der Waals surface area contributed by atoms with E-state index in [1.54, 1.807) is 6.20 Å². The van der Waals surface area contributed by atoms with E-state index in [2.05, 4.69) is 33.9 Å². The van der Waals surface area contributed by atoms with Gasteiger partial charge in [-0.05, 0) is 6.92 Å². The molecule has 0 aliphatic rings. The molecular formula is C12H18N4O. The van der Waals surface area contributed by atoms with Crippen molar-refractivity contribution in [3.05, 3.63) is 35.7 Å². The number of rotatable bonds is 5. The van der Waals surface area contributed by atoms with Crippen molar-refractivity contribution in [3.63, 3.8) is 0 Å². The van der Waals surface area contributed by atoms with E-state index in [1.165, 1.54) is 0 Å². The molecule has 2 aromatic rings. The number of aryl methyl sites for hydroxylation is 1. The Kier molecular flexibility index (Phi) is 3.58. The van der Waals surface area contributed by atoms with Crippen molar-refractivity contribution in [2.75, 3.05) is 0 Å². The minimum Gasteiger partial charge on any atom is -0.359 e. The molecular weight excluding hydrogens is 216 g/mol. The molecule has 0 spiro atoms. The predicted octanol–water partition coefficient (Wildman–Crippen LogP) is 1.73. The first-order valence-electron chi connectivity index (χ1n) is 5.80. The van der Waals surface area contributed by atoms with Gasteiger partial charge in [0.2, 0.25) is 0 Å². The minimum absolute atomic E-state index is 0.452. The summed E-state index contributed by atoms with van der Waals surface area (Å²) in [4.78, 5) is 4.33. The van der Waals surface area contributed by atoms with Gasteiger partial charge in [-0.15, -0.1) is 0 Å². The second-order valence-corrected chi connectivity index (χ2v) is 4.44. The molecule has 5 nitrogen and oxygen atoms in total. The Balaban J connectivity index is 2.03. The van der Waals surface area contributed by atoms with E-state index in [0.717, 1.165) is 23.8 Å². The average molecular weight is 234 g/mol. The Labute approximate surface area is 101 Å². The van der Waals surface area contributed by atoms with Crippen LogP contribution in [-0.4, -0.2) is 20.7 Å². The number of imidazole rings is 1. The van der Waals surface area contributed by atoms with E-state index in [9.17, 15) is 0 Å². The highest BCUT2D eigenvalue weighted by Crippen LogP contribution is 2.07. The van der Waals surface area contributed by atoms with Gasteiger partial charge in [0.15, 0.2) is 5.76 Å². The van der Waals surface area contributed by atoms with Gasteiger partial charge in [0, 0.05) is 24.5 Å². The van der Waals surface area contributed by atoms with Crippen LogP contribution in [0.2, 0.25) is 0 Å². The van der Waals surface area contributed by atoms with Gasteiger partial charge in [0.05, 0.1) is 18.8 Å².